The fourth-order valence-electron chi connectivity index (χ4n) is 1.51. The summed E-state index contributed by atoms with van der Waals surface area (Å²) in [6, 6.07) is 3.35. The lowest BCUT2D eigenvalue weighted by Gasteiger charge is -2.16. The second kappa shape index (κ2) is 7.83. The lowest BCUT2D eigenvalue weighted by molar-refractivity contribution is -0.136. The van der Waals surface area contributed by atoms with Crippen molar-refractivity contribution in [1.29, 1.82) is 0 Å². The van der Waals surface area contributed by atoms with Crippen molar-refractivity contribution in [3.05, 3.63) is 45.8 Å². The van der Waals surface area contributed by atoms with Crippen LogP contribution in [0.1, 0.15) is 26.3 Å². The van der Waals surface area contributed by atoms with Gasteiger partial charge in [-0.15, -0.1) is 0 Å². The molecular formula is C15H18BrNO4. The zero-order valence-electron chi connectivity index (χ0n) is 12.1. The number of carbonyl (C=O) groups is 1. The normalized spacial score (nSPS) is 14.4. The number of halogens is 1. The van der Waals surface area contributed by atoms with E-state index in [2.05, 4.69) is 20.9 Å². The van der Waals surface area contributed by atoms with Crippen LogP contribution in [0.2, 0.25) is 0 Å². The Hall–Kier alpha value is -1.82. The number of rotatable bonds is 6. The molecule has 1 aromatic rings. The highest BCUT2D eigenvalue weighted by Crippen LogP contribution is 2.21. The highest BCUT2D eigenvalue weighted by molar-refractivity contribution is 9.11. The van der Waals surface area contributed by atoms with E-state index < -0.39 is 5.97 Å². The molecule has 5 nitrogen and oxygen atoms in total. The zero-order valence-corrected chi connectivity index (χ0v) is 13.7. The highest BCUT2D eigenvalue weighted by atomic mass is 79.9. The van der Waals surface area contributed by atoms with Crippen LogP contribution >= 0.6 is 15.9 Å². The van der Waals surface area contributed by atoms with Gasteiger partial charge >= 0.3 is 5.97 Å². The van der Waals surface area contributed by atoms with Gasteiger partial charge in [0.2, 0.25) is 5.88 Å². The summed E-state index contributed by atoms with van der Waals surface area (Å²) in [5.41, 5.74) is 1.39. The summed E-state index contributed by atoms with van der Waals surface area (Å²) < 4.78 is 6.29. The average molecular weight is 356 g/mol. The second-order valence-electron chi connectivity index (χ2n) is 4.62. The number of hydrogen-bond acceptors (Lipinski definition) is 4. The Balaban J connectivity index is 2.91. The number of hydrogen-bond donors (Lipinski definition) is 2. The van der Waals surface area contributed by atoms with E-state index in [1.807, 2.05) is 13.8 Å². The van der Waals surface area contributed by atoms with Crippen LogP contribution in [0.5, 0.6) is 5.88 Å². The molecule has 1 rings (SSSR count). The van der Waals surface area contributed by atoms with Gasteiger partial charge in [0.1, 0.15) is 11.9 Å². The molecule has 0 unspecified atom stereocenters. The van der Waals surface area contributed by atoms with E-state index in [-0.39, 0.29) is 18.3 Å². The first-order chi connectivity index (χ1) is 9.81. The van der Waals surface area contributed by atoms with Crippen molar-refractivity contribution in [2.24, 2.45) is 0 Å². The molecule has 1 atom stereocenters. The van der Waals surface area contributed by atoms with Gasteiger partial charge in [0.25, 0.3) is 0 Å². The van der Waals surface area contributed by atoms with Crippen LogP contribution in [0.3, 0.4) is 0 Å². The van der Waals surface area contributed by atoms with Crippen LogP contribution in [0.4, 0.5) is 0 Å². The van der Waals surface area contributed by atoms with Crippen molar-refractivity contribution in [3.63, 3.8) is 0 Å². The Morgan fingerprint density at radius 3 is 2.71 bits per heavy atom. The lowest BCUT2D eigenvalue weighted by Crippen LogP contribution is -2.16. The quantitative estimate of drug-likeness (QED) is 0.601. The Labute approximate surface area is 132 Å². The number of aliphatic hydroxyl groups is 1. The van der Waals surface area contributed by atoms with Crippen molar-refractivity contribution in [2.75, 3.05) is 0 Å². The van der Waals surface area contributed by atoms with Crippen molar-refractivity contribution >= 4 is 21.9 Å². The third-order valence-electron chi connectivity index (χ3n) is 2.82. The monoisotopic (exact) mass is 355 g/mol. The fourth-order valence-corrected chi connectivity index (χ4v) is 1.87. The molecule has 1 heterocycles. The van der Waals surface area contributed by atoms with Gasteiger partial charge in [-0.3, -0.25) is 4.79 Å². The molecule has 0 spiro atoms. The number of aromatic nitrogens is 1. The number of pyridine rings is 1. The molecule has 0 aliphatic rings. The van der Waals surface area contributed by atoms with Gasteiger partial charge in [0, 0.05) is 11.8 Å². The smallest absolute Gasteiger partial charge is 0.308 e. The first kappa shape index (κ1) is 17.2. The Morgan fingerprint density at radius 2 is 2.14 bits per heavy atom. The maximum absolute atomic E-state index is 10.8. The third kappa shape index (κ3) is 5.59. The van der Waals surface area contributed by atoms with Crippen LogP contribution in [-0.2, 0) is 11.2 Å². The lowest BCUT2D eigenvalue weighted by atomic mass is 10.1. The molecule has 114 valence electrons. The predicted molar refractivity (Wildman–Crippen MR) is 83.7 cm³/mol. The number of allylic oxidation sites excluding steroid dienone is 3. The fraction of sp³-hybridized carbons (Fsp3) is 0.333. The molecule has 21 heavy (non-hydrogen) atoms. The summed E-state index contributed by atoms with van der Waals surface area (Å²) in [4.78, 5) is 14.9. The summed E-state index contributed by atoms with van der Waals surface area (Å²) in [7, 11) is 0. The van der Waals surface area contributed by atoms with Gasteiger partial charge in [-0.25, -0.2) is 4.98 Å². The average Bonchev–Trinajstić information content (AvgIpc) is 2.40. The maximum Gasteiger partial charge on any atom is 0.308 e. The van der Waals surface area contributed by atoms with E-state index in [1.54, 1.807) is 31.3 Å². The topological polar surface area (TPSA) is 79.7 Å². The molecule has 1 aromatic heterocycles. The van der Waals surface area contributed by atoms with Crippen molar-refractivity contribution in [1.82, 2.24) is 4.98 Å². The van der Waals surface area contributed by atoms with Crippen molar-refractivity contribution in [2.45, 2.75) is 33.3 Å². The van der Waals surface area contributed by atoms with Gasteiger partial charge in [0.05, 0.1) is 10.9 Å². The Bertz CT molecular complexity index is 577. The summed E-state index contributed by atoms with van der Waals surface area (Å²) in [6.45, 7) is 5.26. The number of nitrogens with zero attached hydrogens (tertiary/aromatic N) is 1. The van der Waals surface area contributed by atoms with Gasteiger partial charge in [0.15, 0.2) is 0 Å². The van der Waals surface area contributed by atoms with Crippen molar-refractivity contribution in [3.8, 4) is 5.88 Å². The minimum Gasteiger partial charge on any atom is -0.511 e. The zero-order chi connectivity index (χ0) is 16.0. The Kier molecular flexibility index (Phi) is 6.42. The number of carboxylic acid groups (broad SMARTS) is 1. The first-order valence-corrected chi connectivity index (χ1v) is 7.16. The molecule has 0 radical (unpaired) electrons. The molecule has 0 bridgehead atoms. The molecule has 2 N–H and O–H groups in total. The van der Waals surface area contributed by atoms with Crippen molar-refractivity contribution < 1.29 is 19.7 Å². The van der Waals surface area contributed by atoms with Gasteiger partial charge in [-0.05, 0) is 54.4 Å². The maximum atomic E-state index is 10.8. The minimum absolute atomic E-state index is 0.141. The van der Waals surface area contributed by atoms with Crippen LogP contribution in [0.15, 0.2) is 40.2 Å². The van der Waals surface area contributed by atoms with Gasteiger partial charge in [-0.1, -0.05) is 6.07 Å². The minimum atomic E-state index is -0.936. The summed E-state index contributed by atoms with van der Waals surface area (Å²) in [6.07, 6.45) is 2.86. The van der Waals surface area contributed by atoms with E-state index in [0.29, 0.717) is 15.9 Å². The standard InChI is InChI=1S/C15H18BrNO4/c1-9(7-13(16)10(2)18)11(3)21-15-12(8-14(19)20)5-4-6-17-15/h4-7,11,18H,8H2,1-3H3,(H,19,20)/b9-7+,13-10-/t11-/m1/s1. The second-order valence-corrected chi connectivity index (χ2v) is 5.47. The van der Waals surface area contributed by atoms with E-state index >= 15 is 0 Å². The summed E-state index contributed by atoms with van der Waals surface area (Å²) >= 11 is 3.25. The van der Waals surface area contributed by atoms with E-state index in [1.165, 1.54) is 0 Å². The number of aliphatic hydroxyl groups excluding tert-OH is 1. The van der Waals surface area contributed by atoms with Crippen LogP contribution in [-0.4, -0.2) is 27.3 Å². The summed E-state index contributed by atoms with van der Waals surface area (Å²) in [5, 5.41) is 18.2. The molecule has 0 aromatic carbocycles. The molecule has 6 heteroatoms. The van der Waals surface area contributed by atoms with Crippen LogP contribution < -0.4 is 4.74 Å². The number of aliphatic carboxylic acids is 1. The molecule has 0 fully saturated rings. The third-order valence-corrected chi connectivity index (χ3v) is 3.62. The first-order valence-electron chi connectivity index (χ1n) is 6.37. The van der Waals surface area contributed by atoms with Gasteiger partial charge in [-0.2, -0.15) is 0 Å². The molecule has 0 aliphatic heterocycles. The van der Waals surface area contributed by atoms with E-state index in [0.717, 1.165) is 5.57 Å². The summed E-state index contributed by atoms with van der Waals surface area (Å²) in [5.74, 6) is -0.457. The number of ether oxygens (including phenoxy) is 1. The molecule has 0 saturated heterocycles. The SMILES string of the molecule is C/C(O)=C(Br)\C=C(/C)[C@@H](C)Oc1ncccc1CC(=O)O. The molecule has 0 amide bonds. The van der Waals surface area contributed by atoms with E-state index in [4.69, 9.17) is 9.84 Å². The van der Waals surface area contributed by atoms with Crippen LogP contribution in [0.25, 0.3) is 0 Å². The van der Waals surface area contributed by atoms with E-state index in [9.17, 15) is 9.90 Å². The Morgan fingerprint density at radius 1 is 1.48 bits per heavy atom. The molecule has 0 aliphatic carbocycles. The predicted octanol–water partition coefficient (Wildman–Crippen LogP) is 3.61. The molecular weight excluding hydrogens is 338 g/mol. The number of carboxylic acids is 1. The molecule has 0 saturated carbocycles. The van der Waals surface area contributed by atoms with Crippen LogP contribution in [0, 0.1) is 0 Å². The largest absolute Gasteiger partial charge is 0.511 e. The van der Waals surface area contributed by atoms with Gasteiger partial charge < -0.3 is 14.9 Å². The highest BCUT2D eigenvalue weighted by Gasteiger charge is 2.13.